The number of rotatable bonds is 2. The van der Waals surface area contributed by atoms with Gasteiger partial charge in [-0.2, -0.15) is 0 Å². The van der Waals surface area contributed by atoms with Crippen LogP contribution in [-0.4, -0.2) is 19.1 Å². The van der Waals surface area contributed by atoms with Gasteiger partial charge in [0.2, 0.25) is 0 Å². The topological polar surface area (TPSA) is 72.7 Å². The molecule has 0 fully saturated rings. The highest BCUT2D eigenvalue weighted by atomic mass is 35.5. The predicted octanol–water partition coefficient (Wildman–Crippen LogP) is 1.43. The molecule has 21 heavy (non-hydrogen) atoms. The number of fused-ring (bicyclic) bond motifs is 1. The van der Waals surface area contributed by atoms with E-state index in [9.17, 15) is 9.59 Å². The molecular formula is C14H13ClN4O2. The minimum Gasteiger partial charge on any atom is -0.318 e. The molecule has 7 heteroatoms. The van der Waals surface area contributed by atoms with Crippen LogP contribution < -0.4 is 11.2 Å². The Morgan fingerprint density at radius 1 is 1.24 bits per heavy atom. The lowest BCUT2D eigenvalue weighted by Crippen LogP contribution is -2.29. The predicted molar refractivity (Wildman–Crippen MR) is 80.9 cm³/mol. The Labute approximate surface area is 124 Å². The summed E-state index contributed by atoms with van der Waals surface area (Å²) >= 11 is 5.87. The van der Waals surface area contributed by atoms with Gasteiger partial charge in [0.25, 0.3) is 5.56 Å². The number of halogens is 1. The number of imidazole rings is 1. The summed E-state index contributed by atoms with van der Waals surface area (Å²) in [5, 5.41) is 0.659. The van der Waals surface area contributed by atoms with Gasteiger partial charge in [-0.1, -0.05) is 23.7 Å². The van der Waals surface area contributed by atoms with Crippen molar-refractivity contribution < 1.29 is 0 Å². The summed E-state index contributed by atoms with van der Waals surface area (Å²) < 4.78 is 3.12. The number of nitrogens with one attached hydrogen (secondary N) is 1. The van der Waals surface area contributed by atoms with Crippen LogP contribution in [-0.2, 0) is 13.6 Å². The molecule has 0 saturated heterocycles. The third kappa shape index (κ3) is 2.27. The van der Waals surface area contributed by atoms with Gasteiger partial charge in [0, 0.05) is 18.6 Å². The summed E-state index contributed by atoms with van der Waals surface area (Å²) in [7, 11) is 1.58. The van der Waals surface area contributed by atoms with Gasteiger partial charge in [-0.3, -0.25) is 14.3 Å². The lowest BCUT2D eigenvalue weighted by molar-refractivity contribution is 0.779. The molecule has 0 spiro atoms. The van der Waals surface area contributed by atoms with Crippen LogP contribution in [0.1, 0.15) is 11.4 Å². The summed E-state index contributed by atoms with van der Waals surface area (Å²) in [4.78, 5) is 30.3. The average molecular weight is 305 g/mol. The fraction of sp³-hybridized carbons (Fsp3) is 0.214. The maximum absolute atomic E-state index is 12.1. The van der Waals surface area contributed by atoms with Crippen LogP contribution in [0, 0.1) is 6.92 Å². The molecule has 0 unspecified atom stereocenters. The van der Waals surface area contributed by atoms with Crippen molar-refractivity contribution in [2.75, 3.05) is 0 Å². The lowest BCUT2D eigenvalue weighted by Gasteiger charge is -2.06. The van der Waals surface area contributed by atoms with Crippen molar-refractivity contribution in [1.82, 2.24) is 19.1 Å². The van der Waals surface area contributed by atoms with E-state index in [4.69, 9.17) is 11.6 Å². The van der Waals surface area contributed by atoms with E-state index >= 15 is 0 Å². The molecule has 0 amide bonds. The quantitative estimate of drug-likeness (QED) is 0.778. The second-order valence-corrected chi connectivity index (χ2v) is 5.30. The normalized spacial score (nSPS) is 11.2. The molecule has 3 rings (SSSR count). The van der Waals surface area contributed by atoms with Crippen molar-refractivity contribution in [3.8, 4) is 0 Å². The minimum atomic E-state index is -0.469. The second kappa shape index (κ2) is 4.89. The molecule has 2 heterocycles. The van der Waals surface area contributed by atoms with Gasteiger partial charge >= 0.3 is 5.69 Å². The molecular weight excluding hydrogens is 292 g/mol. The molecule has 1 N–H and O–H groups in total. The summed E-state index contributed by atoms with van der Waals surface area (Å²) in [5.74, 6) is 0.673. The van der Waals surface area contributed by atoms with Crippen LogP contribution in [0.25, 0.3) is 11.2 Å². The van der Waals surface area contributed by atoms with Crippen molar-refractivity contribution in [1.29, 1.82) is 0 Å². The Balaban J connectivity index is 2.21. The summed E-state index contributed by atoms with van der Waals surface area (Å²) in [6, 6.07) is 7.38. The number of hydrogen-bond donors (Lipinski definition) is 1. The number of nitrogens with zero attached hydrogens (tertiary/aromatic N) is 3. The van der Waals surface area contributed by atoms with Crippen LogP contribution in [0.2, 0.25) is 5.02 Å². The van der Waals surface area contributed by atoms with Gasteiger partial charge in [0.05, 0.1) is 0 Å². The molecule has 0 saturated carbocycles. The number of aryl methyl sites for hydroxylation is 2. The SMILES string of the molecule is Cc1nc2c(c(=O)[nH]c(=O)n2C)n1Cc1ccc(Cl)cc1. The van der Waals surface area contributed by atoms with Crippen molar-refractivity contribution in [2.45, 2.75) is 13.5 Å². The Kier molecular flexibility index (Phi) is 3.17. The lowest BCUT2D eigenvalue weighted by atomic mass is 10.2. The Hall–Kier alpha value is -2.34. The Morgan fingerprint density at radius 2 is 1.90 bits per heavy atom. The van der Waals surface area contributed by atoms with Crippen molar-refractivity contribution in [3.63, 3.8) is 0 Å². The zero-order chi connectivity index (χ0) is 15.1. The minimum absolute atomic E-state index is 0.384. The molecule has 0 aliphatic carbocycles. The number of aromatic amines is 1. The summed E-state index contributed by atoms with van der Waals surface area (Å²) in [5.41, 5.74) is 0.876. The molecule has 6 nitrogen and oxygen atoms in total. The monoisotopic (exact) mass is 304 g/mol. The summed E-state index contributed by atoms with van der Waals surface area (Å²) in [6.07, 6.45) is 0. The molecule has 0 atom stereocenters. The maximum Gasteiger partial charge on any atom is 0.329 e. The third-order valence-electron chi connectivity index (χ3n) is 3.45. The number of H-pyrrole nitrogens is 1. The molecule has 1 aromatic carbocycles. The first-order valence-corrected chi connectivity index (χ1v) is 6.76. The van der Waals surface area contributed by atoms with Crippen LogP contribution in [0.4, 0.5) is 0 Å². The van der Waals surface area contributed by atoms with Crippen LogP contribution >= 0.6 is 11.6 Å². The molecule has 0 radical (unpaired) electrons. The maximum atomic E-state index is 12.1. The van der Waals surface area contributed by atoms with Crippen molar-refractivity contribution >= 4 is 22.8 Å². The molecule has 0 bridgehead atoms. The van der Waals surface area contributed by atoms with Gasteiger partial charge in [-0.25, -0.2) is 9.78 Å². The van der Waals surface area contributed by atoms with E-state index in [1.165, 1.54) is 4.57 Å². The number of hydrogen-bond acceptors (Lipinski definition) is 3. The fourth-order valence-corrected chi connectivity index (χ4v) is 2.44. The standard InChI is InChI=1S/C14H13ClN4O2/c1-8-16-12-11(13(20)17-14(21)18(12)2)19(8)7-9-3-5-10(15)6-4-9/h3-6H,7H2,1-2H3,(H,17,20,21). The first kappa shape index (κ1) is 13.6. The van der Waals surface area contributed by atoms with E-state index in [2.05, 4.69) is 9.97 Å². The third-order valence-corrected chi connectivity index (χ3v) is 3.70. The zero-order valence-electron chi connectivity index (χ0n) is 11.6. The van der Waals surface area contributed by atoms with Crippen LogP contribution in [0.3, 0.4) is 0 Å². The van der Waals surface area contributed by atoms with E-state index in [1.54, 1.807) is 30.7 Å². The van der Waals surface area contributed by atoms with Crippen LogP contribution in [0.5, 0.6) is 0 Å². The second-order valence-electron chi connectivity index (χ2n) is 4.86. The van der Waals surface area contributed by atoms with Crippen molar-refractivity contribution in [3.05, 3.63) is 61.5 Å². The van der Waals surface area contributed by atoms with E-state index < -0.39 is 11.2 Å². The van der Waals surface area contributed by atoms with Gasteiger partial charge in [0.15, 0.2) is 11.2 Å². The first-order valence-electron chi connectivity index (χ1n) is 6.38. The van der Waals surface area contributed by atoms with E-state index in [-0.39, 0.29) is 0 Å². The van der Waals surface area contributed by atoms with Crippen LogP contribution in [0.15, 0.2) is 33.9 Å². The highest BCUT2D eigenvalue weighted by molar-refractivity contribution is 6.30. The molecule has 0 aliphatic heterocycles. The van der Waals surface area contributed by atoms with Crippen molar-refractivity contribution in [2.24, 2.45) is 7.05 Å². The molecule has 2 aromatic heterocycles. The Morgan fingerprint density at radius 3 is 2.57 bits per heavy atom. The molecule has 3 aromatic rings. The fourth-order valence-electron chi connectivity index (χ4n) is 2.31. The Bertz CT molecular complexity index is 934. The molecule has 108 valence electrons. The summed E-state index contributed by atoms with van der Waals surface area (Å²) in [6.45, 7) is 2.29. The first-order chi connectivity index (χ1) is 9.97. The number of benzene rings is 1. The van der Waals surface area contributed by atoms with Gasteiger partial charge in [0.1, 0.15) is 5.82 Å². The zero-order valence-corrected chi connectivity index (χ0v) is 12.3. The van der Waals surface area contributed by atoms with E-state index in [0.29, 0.717) is 28.6 Å². The van der Waals surface area contributed by atoms with E-state index in [1.807, 2.05) is 12.1 Å². The smallest absolute Gasteiger partial charge is 0.318 e. The van der Waals surface area contributed by atoms with Gasteiger partial charge < -0.3 is 4.57 Å². The highest BCUT2D eigenvalue weighted by Crippen LogP contribution is 2.15. The molecule has 0 aliphatic rings. The van der Waals surface area contributed by atoms with Gasteiger partial charge in [-0.15, -0.1) is 0 Å². The van der Waals surface area contributed by atoms with E-state index in [0.717, 1.165) is 5.56 Å². The number of aromatic nitrogens is 4. The largest absolute Gasteiger partial charge is 0.329 e. The van der Waals surface area contributed by atoms with Gasteiger partial charge in [-0.05, 0) is 24.6 Å². The highest BCUT2D eigenvalue weighted by Gasteiger charge is 2.14. The average Bonchev–Trinajstić information content (AvgIpc) is 2.77.